The van der Waals surface area contributed by atoms with Crippen LogP contribution in [0.2, 0.25) is 0 Å². The van der Waals surface area contributed by atoms with Crippen LogP contribution in [0, 0.1) is 11.8 Å². The standard InChI is InChI=1S/C27H38O3/c1-16(2)20-10-8-19(9-11-20)12-25-18(4)27(17(3)23-6-5-7-24(23)25)26-14-21(29)13-22(15-28)30-26/h8-11,16,18,21-22,26-29H,5-7,12-15H2,1-4H3/t18?,21-,22-,26+,27?/m0/s1. The van der Waals surface area contributed by atoms with Crippen molar-refractivity contribution in [1.29, 1.82) is 0 Å². The first-order valence-corrected chi connectivity index (χ1v) is 11.8. The molecule has 2 N–H and O–H groups in total. The number of ether oxygens (including phenoxy) is 1. The van der Waals surface area contributed by atoms with Crippen molar-refractivity contribution >= 4 is 0 Å². The second kappa shape index (κ2) is 8.98. The molecule has 0 bridgehead atoms. The number of hydrogen-bond donors (Lipinski definition) is 2. The summed E-state index contributed by atoms with van der Waals surface area (Å²) in [5.74, 6) is 1.23. The summed E-state index contributed by atoms with van der Waals surface area (Å²) in [5.41, 5.74) is 8.96. The number of benzene rings is 1. The summed E-state index contributed by atoms with van der Waals surface area (Å²) in [6.07, 6.45) is 5.16. The third-order valence-electron chi connectivity index (χ3n) is 7.72. The van der Waals surface area contributed by atoms with Crippen molar-refractivity contribution in [3.8, 4) is 0 Å². The maximum absolute atomic E-state index is 10.4. The molecule has 0 aromatic heterocycles. The molecule has 3 nitrogen and oxygen atoms in total. The Morgan fingerprint density at radius 1 is 1.07 bits per heavy atom. The quantitative estimate of drug-likeness (QED) is 0.691. The summed E-state index contributed by atoms with van der Waals surface area (Å²) in [5, 5.41) is 20.1. The molecule has 1 aromatic rings. The van der Waals surface area contributed by atoms with E-state index in [0.717, 1.165) is 6.42 Å². The molecule has 1 saturated carbocycles. The van der Waals surface area contributed by atoms with Crippen LogP contribution in [-0.4, -0.2) is 35.1 Å². The summed E-state index contributed by atoms with van der Waals surface area (Å²) in [7, 11) is 0. The second-order valence-corrected chi connectivity index (χ2v) is 10.0. The van der Waals surface area contributed by atoms with E-state index in [-0.39, 0.29) is 30.8 Å². The SMILES string of the molecule is CC1=C2CCCC2=C(Cc2ccc(C(C)C)cc2)C(C)C1[C@H]1C[C@@H](O)C[C@@H](CO)O1. The molecule has 30 heavy (non-hydrogen) atoms. The van der Waals surface area contributed by atoms with Crippen LogP contribution in [0.3, 0.4) is 0 Å². The topological polar surface area (TPSA) is 49.7 Å². The molecule has 1 saturated heterocycles. The number of aliphatic hydroxyl groups is 2. The molecule has 1 aliphatic heterocycles. The molecular formula is C27H38O3. The van der Waals surface area contributed by atoms with E-state index in [2.05, 4.69) is 52.0 Å². The zero-order valence-electron chi connectivity index (χ0n) is 19.0. The van der Waals surface area contributed by atoms with Gasteiger partial charge in [-0.3, -0.25) is 0 Å². The van der Waals surface area contributed by atoms with Gasteiger partial charge in [0.15, 0.2) is 0 Å². The van der Waals surface area contributed by atoms with Gasteiger partial charge >= 0.3 is 0 Å². The molecule has 2 unspecified atom stereocenters. The lowest BCUT2D eigenvalue weighted by molar-refractivity contribution is -0.130. The van der Waals surface area contributed by atoms with Crippen molar-refractivity contribution in [2.24, 2.45) is 11.8 Å². The number of allylic oxidation sites excluding steroid dienone is 3. The maximum atomic E-state index is 10.4. The smallest absolute Gasteiger partial charge is 0.0834 e. The van der Waals surface area contributed by atoms with Crippen molar-refractivity contribution in [3.63, 3.8) is 0 Å². The summed E-state index contributed by atoms with van der Waals surface area (Å²) in [4.78, 5) is 0. The number of hydrogen-bond acceptors (Lipinski definition) is 3. The fraction of sp³-hybridized carbons (Fsp3) is 0.630. The van der Waals surface area contributed by atoms with Crippen molar-refractivity contribution in [2.75, 3.05) is 6.61 Å². The highest BCUT2D eigenvalue weighted by Gasteiger charge is 2.42. The van der Waals surface area contributed by atoms with Gasteiger partial charge in [-0.2, -0.15) is 0 Å². The van der Waals surface area contributed by atoms with Gasteiger partial charge in [-0.15, -0.1) is 0 Å². The van der Waals surface area contributed by atoms with Crippen molar-refractivity contribution < 1.29 is 14.9 Å². The predicted octanol–water partition coefficient (Wildman–Crippen LogP) is 5.32. The van der Waals surface area contributed by atoms with Gasteiger partial charge in [0.2, 0.25) is 0 Å². The van der Waals surface area contributed by atoms with Gasteiger partial charge in [-0.05, 0) is 66.7 Å². The fourth-order valence-corrected chi connectivity index (χ4v) is 6.08. The van der Waals surface area contributed by atoms with Crippen LogP contribution in [0.15, 0.2) is 46.6 Å². The van der Waals surface area contributed by atoms with E-state index in [1.54, 1.807) is 16.7 Å². The number of rotatable bonds is 5. The lowest BCUT2D eigenvalue weighted by atomic mass is 9.68. The van der Waals surface area contributed by atoms with Gasteiger partial charge in [0.1, 0.15) is 0 Å². The Morgan fingerprint density at radius 2 is 1.77 bits per heavy atom. The van der Waals surface area contributed by atoms with Crippen molar-refractivity contribution in [1.82, 2.24) is 0 Å². The summed E-state index contributed by atoms with van der Waals surface area (Å²) < 4.78 is 6.31. The molecule has 2 fully saturated rings. The van der Waals surface area contributed by atoms with Crippen LogP contribution in [0.4, 0.5) is 0 Å². The van der Waals surface area contributed by atoms with E-state index in [1.165, 1.54) is 36.0 Å². The summed E-state index contributed by atoms with van der Waals surface area (Å²) >= 11 is 0. The zero-order chi connectivity index (χ0) is 21.4. The minimum absolute atomic E-state index is 0.0135. The third kappa shape index (κ3) is 4.17. The van der Waals surface area contributed by atoms with E-state index in [0.29, 0.717) is 24.7 Å². The average molecular weight is 411 g/mol. The molecule has 0 spiro atoms. The first kappa shape index (κ1) is 21.8. The fourth-order valence-electron chi connectivity index (χ4n) is 6.08. The lowest BCUT2D eigenvalue weighted by Gasteiger charge is -2.43. The van der Waals surface area contributed by atoms with Crippen LogP contribution < -0.4 is 0 Å². The van der Waals surface area contributed by atoms with Crippen molar-refractivity contribution in [2.45, 2.75) is 90.4 Å². The highest BCUT2D eigenvalue weighted by atomic mass is 16.5. The Hall–Kier alpha value is -1.42. The minimum Gasteiger partial charge on any atom is -0.394 e. The van der Waals surface area contributed by atoms with E-state index in [4.69, 9.17) is 4.74 Å². The Labute approximate surface area is 181 Å². The molecule has 5 atom stereocenters. The van der Waals surface area contributed by atoms with Crippen molar-refractivity contribution in [3.05, 3.63) is 57.7 Å². The Morgan fingerprint density at radius 3 is 2.43 bits per heavy atom. The first-order valence-electron chi connectivity index (χ1n) is 11.8. The molecule has 1 aromatic carbocycles. The van der Waals surface area contributed by atoms with Gasteiger partial charge in [-0.25, -0.2) is 0 Å². The van der Waals surface area contributed by atoms with Gasteiger partial charge < -0.3 is 14.9 Å². The lowest BCUT2D eigenvalue weighted by Crippen LogP contribution is -2.44. The van der Waals surface area contributed by atoms with E-state index in [9.17, 15) is 10.2 Å². The average Bonchev–Trinajstić information content (AvgIpc) is 3.21. The second-order valence-electron chi connectivity index (χ2n) is 10.0. The monoisotopic (exact) mass is 410 g/mol. The molecule has 3 aliphatic rings. The van der Waals surface area contributed by atoms with Gasteiger partial charge in [-0.1, -0.05) is 56.2 Å². The largest absolute Gasteiger partial charge is 0.394 e. The number of aliphatic hydroxyl groups excluding tert-OH is 2. The first-order chi connectivity index (χ1) is 14.4. The molecule has 0 radical (unpaired) electrons. The Balaban J connectivity index is 1.64. The zero-order valence-corrected chi connectivity index (χ0v) is 19.0. The van der Waals surface area contributed by atoms with Crippen LogP contribution in [0.1, 0.15) is 76.8 Å². The third-order valence-corrected chi connectivity index (χ3v) is 7.72. The molecule has 3 heteroatoms. The van der Waals surface area contributed by atoms with Crippen LogP contribution in [0.5, 0.6) is 0 Å². The summed E-state index contributed by atoms with van der Waals surface area (Å²) in [6, 6.07) is 9.15. The van der Waals surface area contributed by atoms with E-state index in [1.807, 2.05) is 0 Å². The molecular weight excluding hydrogens is 372 g/mol. The highest BCUT2D eigenvalue weighted by Crippen LogP contribution is 2.49. The van der Waals surface area contributed by atoms with E-state index < -0.39 is 0 Å². The summed E-state index contributed by atoms with van der Waals surface area (Å²) in [6.45, 7) is 9.11. The van der Waals surface area contributed by atoms with Gasteiger partial charge in [0, 0.05) is 18.8 Å². The van der Waals surface area contributed by atoms with Gasteiger partial charge in [0.25, 0.3) is 0 Å². The Bertz CT molecular complexity index is 817. The predicted molar refractivity (Wildman–Crippen MR) is 121 cm³/mol. The molecule has 1 heterocycles. The molecule has 0 amide bonds. The van der Waals surface area contributed by atoms with Crippen LogP contribution >= 0.6 is 0 Å². The van der Waals surface area contributed by atoms with Gasteiger partial charge in [0.05, 0.1) is 24.9 Å². The molecule has 164 valence electrons. The van der Waals surface area contributed by atoms with Crippen LogP contribution in [-0.2, 0) is 11.2 Å². The minimum atomic E-state index is -0.383. The highest BCUT2D eigenvalue weighted by molar-refractivity contribution is 5.49. The Kier molecular flexibility index (Phi) is 6.53. The molecule has 4 rings (SSSR count). The number of fused-ring (bicyclic) bond motifs is 1. The van der Waals surface area contributed by atoms with Crippen LogP contribution in [0.25, 0.3) is 0 Å². The maximum Gasteiger partial charge on any atom is 0.0834 e. The van der Waals surface area contributed by atoms with E-state index >= 15 is 0 Å². The normalized spacial score (nSPS) is 32.2. The molecule has 2 aliphatic carbocycles.